The Morgan fingerprint density at radius 3 is 2.33 bits per heavy atom. The number of fused-ring (bicyclic) bond motifs is 1. The molecule has 0 unspecified atom stereocenters. The van der Waals surface area contributed by atoms with Crippen molar-refractivity contribution in [3.63, 3.8) is 0 Å². The molecule has 0 saturated carbocycles. The maximum absolute atomic E-state index is 14.3. The molecule has 0 bridgehead atoms. The van der Waals surface area contributed by atoms with Gasteiger partial charge in [-0.3, -0.25) is 9.59 Å². The number of methoxy groups -OCH3 is 1. The second kappa shape index (κ2) is 13.7. The van der Waals surface area contributed by atoms with Crippen molar-refractivity contribution < 1.29 is 18.7 Å². The van der Waals surface area contributed by atoms with E-state index in [-0.39, 0.29) is 36.5 Å². The van der Waals surface area contributed by atoms with Crippen molar-refractivity contribution in [2.24, 2.45) is 11.8 Å². The molecule has 6 nitrogen and oxygen atoms in total. The van der Waals surface area contributed by atoms with Gasteiger partial charge in [0, 0.05) is 45.4 Å². The second-order valence-electron chi connectivity index (χ2n) is 9.88. The van der Waals surface area contributed by atoms with Crippen LogP contribution in [0.2, 0.25) is 0 Å². The van der Waals surface area contributed by atoms with E-state index in [1.807, 2.05) is 18.7 Å². The minimum Gasteiger partial charge on any atom is -0.384 e. The average molecular weight is 464 g/mol. The zero-order valence-electron chi connectivity index (χ0n) is 21.1. The van der Waals surface area contributed by atoms with Crippen LogP contribution in [0.25, 0.3) is 0 Å². The Balaban J connectivity index is 2.41. The highest BCUT2D eigenvalue weighted by Crippen LogP contribution is 2.26. The van der Waals surface area contributed by atoms with Crippen molar-refractivity contribution in [1.82, 2.24) is 9.80 Å². The van der Waals surface area contributed by atoms with E-state index in [0.29, 0.717) is 43.3 Å². The standard InChI is InChI=1S/C26H42FN3O3/c1-20(2)16-26(32)30-14-7-12-28(18-21(3)4)11-6-13-29(25(31)10-15-33-5)19-22-17-23(27)8-9-24(22)30/h8-9,17,20-21H,6-7,10-16,18-19H2,1-5H3. The summed E-state index contributed by atoms with van der Waals surface area (Å²) in [5.41, 5.74) is 1.39. The van der Waals surface area contributed by atoms with Crippen molar-refractivity contribution in [3.05, 3.63) is 29.6 Å². The first-order valence-corrected chi connectivity index (χ1v) is 12.3. The van der Waals surface area contributed by atoms with E-state index < -0.39 is 0 Å². The first kappa shape index (κ1) is 27.3. The fraction of sp³-hybridized carbons (Fsp3) is 0.692. The second-order valence-corrected chi connectivity index (χ2v) is 9.88. The molecule has 0 aromatic heterocycles. The SMILES string of the molecule is COCCC(=O)N1CCCN(CC(C)C)CCCN(C(=O)CC(C)C)c2ccc(F)cc2C1. The lowest BCUT2D eigenvalue weighted by atomic mass is 10.1. The first-order valence-electron chi connectivity index (χ1n) is 12.3. The van der Waals surface area contributed by atoms with Gasteiger partial charge in [-0.2, -0.15) is 0 Å². The predicted molar refractivity (Wildman–Crippen MR) is 131 cm³/mol. The summed E-state index contributed by atoms with van der Waals surface area (Å²) in [6, 6.07) is 4.57. The number of rotatable bonds is 7. The summed E-state index contributed by atoms with van der Waals surface area (Å²) in [6.07, 6.45) is 2.42. The molecule has 0 N–H and O–H groups in total. The van der Waals surface area contributed by atoms with Gasteiger partial charge in [0.05, 0.1) is 13.0 Å². The Bertz CT molecular complexity index is 769. The van der Waals surface area contributed by atoms with Crippen LogP contribution in [0.1, 0.15) is 58.9 Å². The minimum absolute atomic E-state index is 0.0143. The molecule has 2 rings (SSSR count). The first-order chi connectivity index (χ1) is 15.7. The molecule has 0 aliphatic carbocycles. The third-order valence-corrected chi connectivity index (χ3v) is 5.83. The molecule has 33 heavy (non-hydrogen) atoms. The zero-order valence-corrected chi connectivity index (χ0v) is 21.1. The Morgan fingerprint density at radius 1 is 1.00 bits per heavy atom. The molecule has 1 heterocycles. The monoisotopic (exact) mass is 463 g/mol. The largest absolute Gasteiger partial charge is 0.384 e. The quantitative estimate of drug-likeness (QED) is 0.604. The fourth-order valence-corrected chi connectivity index (χ4v) is 4.38. The molecule has 0 saturated heterocycles. The number of amides is 2. The average Bonchev–Trinajstić information content (AvgIpc) is 2.73. The normalized spacial score (nSPS) is 16.5. The number of halogens is 1. The van der Waals surface area contributed by atoms with Crippen molar-refractivity contribution in [2.45, 2.75) is 59.9 Å². The highest BCUT2D eigenvalue weighted by molar-refractivity contribution is 5.94. The summed E-state index contributed by atoms with van der Waals surface area (Å²) >= 11 is 0. The number of carbonyl (C=O) groups is 2. The minimum atomic E-state index is -0.357. The highest BCUT2D eigenvalue weighted by atomic mass is 19.1. The maximum Gasteiger partial charge on any atom is 0.227 e. The Morgan fingerprint density at radius 2 is 1.70 bits per heavy atom. The van der Waals surface area contributed by atoms with E-state index in [1.165, 1.54) is 12.1 Å². The zero-order chi connectivity index (χ0) is 24.4. The van der Waals surface area contributed by atoms with Crippen molar-refractivity contribution >= 4 is 17.5 Å². The maximum atomic E-state index is 14.3. The van der Waals surface area contributed by atoms with Crippen molar-refractivity contribution in [2.75, 3.05) is 51.3 Å². The van der Waals surface area contributed by atoms with E-state index in [2.05, 4.69) is 18.7 Å². The summed E-state index contributed by atoms with van der Waals surface area (Å²) in [6.45, 7) is 13.0. The lowest BCUT2D eigenvalue weighted by molar-refractivity contribution is -0.132. The van der Waals surface area contributed by atoms with Crippen molar-refractivity contribution in [1.29, 1.82) is 0 Å². The third-order valence-electron chi connectivity index (χ3n) is 5.83. The number of hydrogen-bond acceptors (Lipinski definition) is 4. The number of nitrogens with zero attached hydrogens (tertiary/aromatic N) is 3. The van der Waals surface area contributed by atoms with E-state index in [9.17, 15) is 14.0 Å². The predicted octanol–water partition coefficient (Wildman–Crippen LogP) is 4.32. The number of carbonyl (C=O) groups excluding carboxylic acids is 2. The molecule has 0 atom stereocenters. The molecule has 1 aliphatic rings. The molecular weight excluding hydrogens is 421 g/mol. The molecule has 186 valence electrons. The molecular formula is C26H42FN3O3. The van der Waals surface area contributed by atoms with Crippen LogP contribution in [-0.4, -0.2) is 68.1 Å². The topological polar surface area (TPSA) is 53.1 Å². The van der Waals surface area contributed by atoms with Crippen LogP contribution in [0.4, 0.5) is 10.1 Å². The van der Waals surface area contributed by atoms with Gasteiger partial charge < -0.3 is 19.4 Å². The molecule has 0 radical (unpaired) electrons. The van der Waals surface area contributed by atoms with E-state index in [4.69, 9.17) is 4.74 Å². The molecule has 1 aliphatic heterocycles. The summed E-state index contributed by atoms with van der Waals surface area (Å²) in [5.74, 6) is 0.443. The highest BCUT2D eigenvalue weighted by Gasteiger charge is 2.24. The Kier molecular flexibility index (Phi) is 11.3. The molecule has 1 aromatic rings. The van der Waals surface area contributed by atoms with Gasteiger partial charge in [0.1, 0.15) is 5.82 Å². The van der Waals surface area contributed by atoms with Crippen LogP contribution >= 0.6 is 0 Å². The van der Waals surface area contributed by atoms with E-state index >= 15 is 0 Å². The molecule has 0 spiro atoms. The Hall–Kier alpha value is -1.99. The van der Waals surface area contributed by atoms with Gasteiger partial charge in [0.25, 0.3) is 0 Å². The van der Waals surface area contributed by atoms with Crippen LogP contribution in [0.5, 0.6) is 0 Å². The number of benzene rings is 1. The molecule has 1 aromatic carbocycles. The summed E-state index contributed by atoms with van der Waals surface area (Å²) in [5, 5.41) is 0. The fourth-order valence-electron chi connectivity index (χ4n) is 4.38. The molecule has 2 amide bonds. The summed E-state index contributed by atoms with van der Waals surface area (Å²) in [4.78, 5) is 32.2. The lowest BCUT2D eigenvalue weighted by Crippen LogP contribution is -2.40. The number of ether oxygens (including phenoxy) is 1. The van der Waals surface area contributed by atoms with Crippen LogP contribution < -0.4 is 4.90 Å². The van der Waals surface area contributed by atoms with Gasteiger partial charge in [-0.25, -0.2) is 4.39 Å². The van der Waals surface area contributed by atoms with E-state index in [0.717, 1.165) is 32.5 Å². The molecule has 0 fully saturated rings. The number of hydrogen-bond donors (Lipinski definition) is 0. The van der Waals surface area contributed by atoms with E-state index in [1.54, 1.807) is 18.1 Å². The van der Waals surface area contributed by atoms with Gasteiger partial charge in [0.15, 0.2) is 0 Å². The Labute approximate surface area is 199 Å². The third kappa shape index (κ3) is 9.05. The van der Waals surface area contributed by atoms with Gasteiger partial charge in [-0.15, -0.1) is 0 Å². The van der Waals surface area contributed by atoms with Crippen LogP contribution in [0.3, 0.4) is 0 Å². The van der Waals surface area contributed by atoms with Crippen molar-refractivity contribution in [3.8, 4) is 0 Å². The lowest BCUT2D eigenvalue weighted by Gasteiger charge is -2.32. The van der Waals surface area contributed by atoms with Gasteiger partial charge >= 0.3 is 0 Å². The smallest absolute Gasteiger partial charge is 0.227 e. The van der Waals surface area contributed by atoms with Crippen LogP contribution in [0.15, 0.2) is 18.2 Å². The van der Waals surface area contributed by atoms with Gasteiger partial charge in [-0.05, 0) is 61.5 Å². The summed E-state index contributed by atoms with van der Waals surface area (Å²) in [7, 11) is 1.58. The van der Waals surface area contributed by atoms with Gasteiger partial charge in [0.2, 0.25) is 11.8 Å². The van der Waals surface area contributed by atoms with Gasteiger partial charge in [-0.1, -0.05) is 27.7 Å². The van der Waals surface area contributed by atoms with Crippen LogP contribution in [0, 0.1) is 17.7 Å². The molecule has 7 heteroatoms. The summed E-state index contributed by atoms with van der Waals surface area (Å²) < 4.78 is 19.4. The number of anilines is 1. The van der Waals surface area contributed by atoms with Crippen LogP contribution in [-0.2, 0) is 20.9 Å².